The van der Waals surface area contributed by atoms with E-state index >= 15 is 0 Å². The number of hydrogen-bond donors (Lipinski definition) is 1. The van der Waals surface area contributed by atoms with E-state index in [0.29, 0.717) is 5.88 Å². The topological polar surface area (TPSA) is 47.0 Å². The van der Waals surface area contributed by atoms with Crippen molar-refractivity contribution in [3.8, 4) is 5.88 Å². The number of nitrogens with one attached hydrogen (secondary N) is 1. The van der Waals surface area contributed by atoms with Crippen molar-refractivity contribution >= 4 is 15.9 Å². The summed E-state index contributed by atoms with van der Waals surface area (Å²) in [5, 5.41) is 3.35. The molecule has 0 spiro atoms. The normalized spacial score (nSPS) is 12.2. The molecular weight excluding hydrogens is 318 g/mol. The molecule has 1 aromatic heterocycles. The third-order valence-corrected chi connectivity index (χ3v) is 4.21. The van der Waals surface area contributed by atoms with Crippen LogP contribution in [0.15, 0.2) is 35.1 Å². The fraction of sp³-hybridized carbons (Fsp3) is 0.333. The number of halogens is 1. The van der Waals surface area contributed by atoms with Crippen LogP contribution in [0.2, 0.25) is 0 Å². The summed E-state index contributed by atoms with van der Waals surface area (Å²) in [6.07, 6.45) is 2.32. The van der Waals surface area contributed by atoms with Crippen molar-refractivity contribution in [1.82, 2.24) is 15.3 Å². The van der Waals surface area contributed by atoms with Gasteiger partial charge >= 0.3 is 0 Å². The Morgan fingerprint density at radius 3 is 2.85 bits per heavy atom. The van der Waals surface area contributed by atoms with E-state index in [9.17, 15) is 0 Å². The van der Waals surface area contributed by atoms with Gasteiger partial charge in [-0.15, -0.1) is 0 Å². The highest BCUT2D eigenvalue weighted by Gasteiger charge is 2.15. The van der Waals surface area contributed by atoms with Gasteiger partial charge in [0.1, 0.15) is 6.33 Å². The predicted molar refractivity (Wildman–Crippen MR) is 83.0 cm³/mol. The van der Waals surface area contributed by atoms with Crippen LogP contribution < -0.4 is 10.1 Å². The Labute approximate surface area is 127 Å². The summed E-state index contributed by atoms with van der Waals surface area (Å²) in [6, 6.07) is 8.32. The maximum absolute atomic E-state index is 5.14. The Morgan fingerprint density at radius 1 is 1.35 bits per heavy atom. The highest BCUT2D eigenvalue weighted by molar-refractivity contribution is 9.10. The molecule has 0 saturated heterocycles. The van der Waals surface area contributed by atoms with Crippen molar-refractivity contribution < 1.29 is 4.74 Å². The van der Waals surface area contributed by atoms with Crippen LogP contribution in [0, 0.1) is 6.92 Å². The molecule has 0 fully saturated rings. The average molecular weight is 336 g/mol. The molecule has 0 amide bonds. The molecule has 4 nitrogen and oxygen atoms in total. The zero-order chi connectivity index (χ0) is 14.5. The van der Waals surface area contributed by atoms with Gasteiger partial charge in [0, 0.05) is 28.7 Å². The van der Waals surface area contributed by atoms with Crippen molar-refractivity contribution in [2.45, 2.75) is 19.4 Å². The number of nitrogens with zero attached hydrogens (tertiary/aromatic N) is 2. The number of likely N-dealkylation sites (N-methyl/N-ethyl adjacent to an activating group) is 1. The Bertz CT molecular complexity index is 589. The maximum Gasteiger partial charge on any atom is 0.216 e. The number of methoxy groups -OCH3 is 1. The van der Waals surface area contributed by atoms with E-state index in [-0.39, 0.29) is 6.04 Å². The van der Waals surface area contributed by atoms with Gasteiger partial charge in [0.15, 0.2) is 0 Å². The van der Waals surface area contributed by atoms with E-state index in [1.807, 2.05) is 13.1 Å². The number of rotatable bonds is 5. The van der Waals surface area contributed by atoms with Crippen LogP contribution in [0.4, 0.5) is 0 Å². The Morgan fingerprint density at radius 2 is 2.15 bits per heavy atom. The summed E-state index contributed by atoms with van der Waals surface area (Å²) in [5.74, 6) is 0.593. The van der Waals surface area contributed by atoms with Crippen LogP contribution in [-0.2, 0) is 6.42 Å². The van der Waals surface area contributed by atoms with E-state index in [0.717, 1.165) is 16.6 Å². The van der Waals surface area contributed by atoms with Crippen LogP contribution in [0.3, 0.4) is 0 Å². The number of aromatic nitrogens is 2. The summed E-state index contributed by atoms with van der Waals surface area (Å²) in [5.41, 5.74) is 3.46. The first kappa shape index (κ1) is 14.9. The molecule has 1 heterocycles. The molecular formula is C15H18BrN3O. The molecule has 5 heteroatoms. The second kappa shape index (κ2) is 6.81. The van der Waals surface area contributed by atoms with Gasteiger partial charge in [-0.3, -0.25) is 0 Å². The third kappa shape index (κ3) is 3.35. The quantitative estimate of drug-likeness (QED) is 0.912. The predicted octanol–water partition coefficient (Wildman–Crippen LogP) is 3.06. The van der Waals surface area contributed by atoms with Crippen molar-refractivity contribution in [1.29, 1.82) is 0 Å². The van der Waals surface area contributed by atoms with Gasteiger partial charge in [0.2, 0.25) is 5.88 Å². The standard InChI is InChI=1S/C15H18BrN3O/c1-10-12(5-4-6-13(10)16)14(17-2)7-11-8-15(20-3)19-9-18-11/h4-6,8-9,14,17H,7H2,1-3H3. The van der Waals surface area contributed by atoms with Gasteiger partial charge in [-0.1, -0.05) is 28.1 Å². The van der Waals surface area contributed by atoms with Crippen molar-refractivity contribution in [2.24, 2.45) is 0 Å². The molecule has 1 atom stereocenters. The molecule has 1 unspecified atom stereocenters. The summed E-state index contributed by atoms with van der Waals surface area (Å²) < 4.78 is 6.26. The molecule has 0 radical (unpaired) electrons. The lowest BCUT2D eigenvalue weighted by Gasteiger charge is -2.19. The molecule has 0 aliphatic heterocycles. The van der Waals surface area contributed by atoms with Crippen molar-refractivity contribution in [2.75, 3.05) is 14.2 Å². The molecule has 2 aromatic rings. The molecule has 0 aliphatic carbocycles. The molecule has 106 valence electrons. The number of ether oxygens (including phenoxy) is 1. The van der Waals surface area contributed by atoms with Crippen LogP contribution in [0.1, 0.15) is 22.9 Å². The lowest BCUT2D eigenvalue weighted by Crippen LogP contribution is -2.20. The Kier molecular flexibility index (Phi) is 5.09. The fourth-order valence-electron chi connectivity index (χ4n) is 2.18. The zero-order valence-electron chi connectivity index (χ0n) is 11.9. The van der Waals surface area contributed by atoms with Crippen molar-refractivity contribution in [3.05, 3.63) is 51.9 Å². The van der Waals surface area contributed by atoms with Gasteiger partial charge in [0.05, 0.1) is 7.11 Å². The van der Waals surface area contributed by atoms with Crippen LogP contribution in [-0.4, -0.2) is 24.1 Å². The summed E-state index contributed by atoms with van der Waals surface area (Å²) in [7, 11) is 3.57. The van der Waals surface area contributed by atoms with Crippen LogP contribution in [0.5, 0.6) is 5.88 Å². The molecule has 0 aliphatic rings. The minimum absolute atomic E-state index is 0.201. The van der Waals surface area contributed by atoms with E-state index in [2.05, 4.69) is 56.3 Å². The second-order valence-electron chi connectivity index (χ2n) is 4.55. The highest BCUT2D eigenvalue weighted by atomic mass is 79.9. The van der Waals surface area contributed by atoms with E-state index in [1.54, 1.807) is 7.11 Å². The molecule has 2 rings (SSSR count). The first-order valence-electron chi connectivity index (χ1n) is 6.43. The lowest BCUT2D eigenvalue weighted by atomic mass is 9.97. The largest absolute Gasteiger partial charge is 0.481 e. The summed E-state index contributed by atoms with van der Waals surface area (Å²) in [4.78, 5) is 8.34. The Hall–Kier alpha value is -1.46. The van der Waals surface area contributed by atoms with E-state index < -0.39 is 0 Å². The summed E-state index contributed by atoms with van der Waals surface area (Å²) in [6.45, 7) is 2.12. The average Bonchev–Trinajstić information content (AvgIpc) is 2.48. The molecule has 20 heavy (non-hydrogen) atoms. The van der Waals surface area contributed by atoms with Crippen LogP contribution >= 0.6 is 15.9 Å². The number of benzene rings is 1. The van der Waals surface area contributed by atoms with Gasteiger partial charge < -0.3 is 10.1 Å². The molecule has 1 aromatic carbocycles. The maximum atomic E-state index is 5.14. The monoisotopic (exact) mass is 335 g/mol. The minimum Gasteiger partial charge on any atom is -0.481 e. The van der Waals surface area contributed by atoms with Gasteiger partial charge in [0.25, 0.3) is 0 Å². The van der Waals surface area contributed by atoms with Crippen LogP contribution in [0.25, 0.3) is 0 Å². The molecule has 1 N–H and O–H groups in total. The SMILES string of the molecule is CNC(Cc1cc(OC)ncn1)c1cccc(Br)c1C. The number of hydrogen-bond acceptors (Lipinski definition) is 4. The summed E-state index contributed by atoms with van der Waals surface area (Å²) >= 11 is 3.58. The van der Waals surface area contributed by atoms with Crippen molar-refractivity contribution in [3.63, 3.8) is 0 Å². The second-order valence-corrected chi connectivity index (χ2v) is 5.41. The van der Waals surface area contributed by atoms with Gasteiger partial charge in [-0.25, -0.2) is 9.97 Å². The highest BCUT2D eigenvalue weighted by Crippen LogP contribution is 2.26. The van der Waals surface area contributed by atoms with E-state index in [1.165, 1.54) is 17.5 Å². The Balaban J connectivity index is 2.26. The zero-order valence-corrected chi connectivity index (χ0v) is 13.4. The molecule has 0 saturated carbocycles. The third-order valence-electron chi connectivity index (χ3n) is 3.35. The smallest absolute Gasteiger partial charge is 0.216 e. The van der Waals surface area contributed by atoms with Gasteiger partial charge in [-0.05, 0) is 31.2 Å². The fourth-order valence-corrected chi connectivity index (χ4v) is 2.56. The van der Waals surface area contributed by atoms with Gasteiger partial charge in [-0.2, -0.15) is 0 Å². The molecule has 0 bridgehead atoms. The lowest BCUT2D eigenvalue weighted by molar-refractivity contribution is 0.395. The van der Waals surface area contributed by atoms with E-state index in [4.69, 9.17) is 4.74 Å². The minimum atomic E-state index is 0.201. The first-order chi connectivity index (χ1) is 9.65. The first-order valence-corrected chi connectivity index (χ1v) is 7.22.